The number of nitrogen functional groups attached to an aromatic ring is 1. The van der Waals surface area contributed by atoms with E-state index in [9.17, 15) is 4.79 Å². The average molecular weight is 302 g/mol. The molecular formula is C17H22N2OS. The smallest absolute Gasteiger partial charge is 0.263 e. The summed E-state index contributed by atoms with van der Waals surface area (Å²) < 4.78 is 1.12. The van der Waals surface area contributed by atoms with E-state index < -0.39 is 0 Å². The van der Waals surface area contributed by atoms with Gasteiger partial charge in [0.05, 0.1) is 5.69 Å². The molecule has 0 atom stereocenters. The highest BCUT2D eigenvalue weighted by atomic mass is 32.1. The maximum absolute atomic E-state index is 12.4. The van der Waals surface area contributed by atoms with Gasteiger partial charge in [-0.2, -0.15) is 0 Å². The van der Waals surface area contributed by atoms with Gasteiger partial charge in [-0.05, 0) is 37.2 Å². The van der Waals surface area contributed by atoms with Gasteiger partial charge >= 0.3 is 0 Å². The van der Waals surface area contributed by atoms with Crippen LogP contribution in [0.4, 0.5) is 5.69 Å². The third-order valence-corrected chi connectivity index (χ3v) is 5.87. The first-order chi connectivity index (χ1) is 10.1. The third kappa shape index (κ3) is 2.64. The number of hydrogen-bond donors (Lipinski definition) is 2. The lowest BCUT2D eigenvalue weighted by atomic mass is 10.0. The van der Waals surface area contributed by atoms with Crippen LogP contribution in [0.3, 0.4) is 0 Å². The molecule has 1 amide bonds. The van der Waals surface area contributed by atoms with Crippen LogP contribution < -0.4 is 11.1 Å². The van der Waals surface area contributed by atoms with Crippen molar-refractivity contribution >= 4 is 33.0 Å². The number of carbonyl (C=O) groups is 1. The van der Waals surface area contributed by atoms with Crippen molar-refractivity contribution in [3.05, 3.63) is 28.6 Å². The van der Waals surface area contributed by atoms with Crippen molar-refractivity contribution in [1.82, 2.24) is 5.32 Å². The van der Waals surface area contributed by atoms with Crippen LogP contribution in [0.15, 0.2) is 18.2 Å². The number of benzene rings is 1. The summed E-state index contributed by atoms with van der Waals surface area (Å²) >= 11 is 1.51. The minimum atomic E-state index is -0.0181. The van der Waals surface area contributed by atoms with E-state index in [1.165, 1.54) is 42.6 Å². The highest BCUT2D eigenvalue weighted by molar-refractivity contribution is 7.21. The molecule has 0 unspecified atom stereocenters. The van der Waals surface area contributed by atoms with Crippen LogP contribution in [0.2, 0.25) is 0 Å². The summed E-state index contributed by atoms with van der Waals surface area (Å²) in [5.74, 6) is -0.0181. The minimum absolute atomic E-state index is 0.0181. The van der Waals surface area contributed by atoms with Gasteiger partial charge < -0.3 is 11.1 Å². The van der Waals surface area contributed by atoms with Gasteiger partial charge in [-0.15, -0.1) is 11.3 Å². The van der Waals surface area contributed by atoms with Crippen molar-refractivity contribution in [1.29, 1.82) is 0 Å². The molecule has 3 rings (SSSR count). The maximum atomic E-state index is 12.4. The number of aryl methyl sites for hydroxylation is 1. The molecule has 1 saturated carbocycles. The molecule has 3 N–H and O–H groups in total. The van der Waals surface area contributed by atoms with Gasteiger partial charge in [-0.25, -0.2) is 0 Å². The predicted molar refractivity (Wildman–Crippen MR) is 89.9 cm³/mol. The van der Waals surface area contributed by atoms with E-state index in [1.54, 1.807) is 0 Å². The van der Waals surface area contributed by atoms with Crippen LogP contribution in [-0.2, 0) is 0 Å². The number of amides is 1. The quantitative estimate of drug-likeness (QED) is 0.873. The van der Waals surface area contributed by atoms with Crippen molar-refractivity contribution in [3.63, 3.8) is 0 Å². The molecule has 0 saturated heterocycles. The molecule has 112 valence electrons. The largest absolute Gasteiger partial charge is 0.397 e. The second-order valence-electron chi connectivity index (χ2n) is 6.23. The fourth-order valence-corrected chi connectivity index (χ4v) is 4.12. The van der Waals surface area contributed by atoms with Crippen molar-refractivity contribution in [2.45, 2.75) is 39.5 Å². The average Bonchev–Trinajstić information content (AvgIpc) is 3.15. The number of hydrogen-bond acceptors (Lipinski definition) is 3. The van der Waals surface area contributed by atoms with Crippen LogP contribution in [0.25, 0.3) is 10.1 Å². The second kappa shape index (κ2) is 5.34. The van der Waals surface area contributed by atoms with E-state index in [1.807, 2.05) is 12.1 Å². The van der Waals surface area contributed by atoms with Gasteiger partial charge in [-0.3, -0.25) is 4.79 Å². The third-order valence-electron chi connectivity index (χ3n) is 4.52. The summed E-state index contributed by atoms with van der Waals surface area (Å²) in [7, 11) is 0. The standard InChI is InChI=1S/C17H22N2OS/c1-3-7-17(8-9-17)10-19-16(20)15-13(18)12-6-4-5-11(2)14(12)21-15/h4-6H,3,7-10,18H2,1-2H3,(H,19,20). The van der Waals surface area contributed by atoms with Crippen molar-refractivity contribution in [2.24, 2.45) is 5.41 Å². The lowest BCUT2D eigenvalue weighted by Crippen LogP contribution is -2.30. The van der Waals surface area contributed by atoms with Crippen molar-refractivity contribution in [2.75, 3.05) is 12.3 Å². The molecule has 1 heterocycles. The minimum Gasteiger partial charge on any atom is -0.397 e. The molecule has 4 heteroatoms. The maximum Gasteiger partial charge on any atom is 0.263 e. The fourth-order valence-electron chi connectivity index (χ4n) is 3.02. The molecule has 21 heavy (non-hydrogen) atoms. The Morgan fingerprint density at radius 1 is 1.43 bits per heavy atom. The number of carbonyl (C=O) groups excluding carboxylic acids is 1. The van der Waals surface area contributed by atoms with Crippen molar-refractivity contribution in [3.8, 4) is 0 Å². The van der Waals surface area contributed by atoms with Gasteiger partial charge in [0.25, 0.3) is 5.91 Å². The molecule has 1 fully saturated rings. The van der Waals surface area contributed by atoms with E-state index in [-0.39, 0.29) is 5.91 Å². The summed E-state index contributed by atoms with van der Waals surface area (Å²) in [6.07, 6.45) is 4.86. The normalized spacial score (nSPS) is 16.1. The summed E-state index contributed by atoms with van der Waals surface area (Å²) in [6, 6.07) is 6.04. The summed E-state index contributed by atoms with van der Waals surface area (Å²) in [4.78, 5) is 13.1. The number of nitrogens with two attached hydrogens (primary N) is 1. The summed E-state index contributed by atoms with van der Waals surface area (Å²) in [5.41, 5.74) is 8.33. The molecule has 1 aliphatic carbocycles. The Morgan fingerprint density at radius 3 is 2.81 bits per heavy atom. The van der Waals surface area contributed by atoms with Gasteiger partial charge in [0.2, 0.25) is 0 Å². The summed E-state index contributed by atoms with van der Waals surface area (Å²) in [5, 5.41) is 4.10. The highest BCUT2D eigenvalue weighted by Crippen LogP contribution is 2.49. The number of thiophene rings is 1. The molecule has 0 aliphatic heterocycles. The zero-order valence-electron chi connectivity index (χ0n) is 12.7. The van der Waals surface area contributed by atoms with E-state index >= 15 is 0 Å². The molecule has 2 aromatic rings. The Bertz CT molecular complexity index is 685. The van der Waals surface area contributed by atoms with Crippen LogP contribution in [-0.4, -0.2) is 12.5 Å². The summed E-state index contributed by atoms with van der Waals surface area (Å²) in [6.45, 7) is 5.04. The number of anilines is 1. The molecular weight excluding hydrogens is 280 g/mol. The zero-order chi connectivity index (χ0) is 15.0. The van der Waals surface area contributed by atoms with E-state index in [0.717, 1.165) is 16.6 Å². The van der Waals surface area contributed by atoms with E-state index in [4.69, 9.17) is 5.73 Å². The van der Waals surface area contributed by atoms with Crippen LogP contribution in [0.5, 0.6) is 0 Å². The molecule has 1 aromatic heterocycles. The molecule has 0 spiro atoms. The Morgan fingerprint density at radius 2 is 2.19 bits per heavy atom. The zero-order valence-corrected chi connectivity index (χ0v) is 13.5. The second-order valence-corrected chi connectivity index (χ2v) is 7.25. The van der Waals surface area contributed by atoms with Gasteiger partial charge in [0.1, 0.15) is 4.88 Å². The monoisotopic (exact) mass is 302 g/mol. The first kappa shape index (κ1) is 14.4. The lowest BCUT2D eigenvalue weighted by Gasteiger charge is -2.14. The van der Waals surface area contributed by atoms with Crippen LogP contribution in [0, 0.1) is 12.3 Å². The highest BCUT2D eigenvalue weighted by Gasteiger charge is 2.41. The predicted octanol–water partition coefficient (Wildman–Crippen LogP) is 4.10. The van der Waals surface area contributed by atoms with Crippen LogP contribution >= 0.6 is 11.3 Å². The number of rotatable bonds is 5. The Labute approximate surface area is 129 Å². The SMILES string of the molecule is CCCC1(CNC(=O)c2sc3c(C)cccc3c2N)CC1. The van der Waals surface area contributed by atoms with E-state index in [0.29, 0.717) is 16.0 Å². The molecule has 3 nitrogen and oxygen atoms in total. The topological polar surface area (TPSA) is 55.1 Å². The first-order valence-corrected chi connectivity index (χ1v) is 8.44. The van der Waals surface area contributed by atoms with Crippen LogP contribution in [0.1, 0.15) is 47.8 Å². The van der Waals surface area contributed by atoms with Crippen molar-refractivity contribution < 1.29 is 4.79 Å². The number of fused-ring (bicyclic) bond motifs is 1. The first-order valence-electron chi connectivity index (χ1n) is 7.62. The van der Waals surface area contributed by atoms with Gasteiger partial charge in [0.15, 0.2) is 0 Å². The lowest BCUT2D eigenvalue weighted by molar-refractivity contribution is 0.0948. The van der Waals surface area contributed by atoms with Gasteiger partial charge in [0, 0.05) is 16.6 Å². The number of nitrogens with one attached hydrogen (secondary N) is 1. The molecule has 0 radical (unpaired) electrons. The Kier molecular flexibility index (Phi) is 3.66. The van der Waals surface area contributed by atoms with E-state index in [2.05, 4.69) is 25.2 Å². The molecule has 1 aliphatic rings. The van der Waals surface area contributed by atoms with Gasteiger partial charge in [-0.1, -0.05) is 31.5 Å². The molecule has 1 aromatic carbocycles. The Hall–Kier alpha value is -1.55. The molecule has 0 bridgehead atoms. The fraction of sp³-hybridized carbons (Fsp3) is 0.471. The Balaban J connectivity index is 1.79.